The average Bonchev–Trinajstić information content (AvgIpc) is 2.69. The lowest BCUT2D eigenvalue weighted by Gasteiger charge is -2.11. The zero-order chi connectivity index (χ0) is 18.2. The Labute approximate surface area is 151 Å². The number of rotatable bonds is 7. The van der Waals surface area contributed by atoms with Gasteiger partial charge in [0.15, 0.2) is 11.5 Å². The zero-order valence-corrected chi connectivity index (χ0v) is 14.2. The quantitative estimate of drug-likeness (QED) is 0.511. The summed E-state index contributed by atoms with van der Waals surface area (Å²) in [5, 5.41) is 4.15. The summed E-state index contributed by atoms with van der Waals surface area (Å²) in [6, 6.07) is 17.2. The molecule has 2 aromatic carbocycles. The number of anilines is 1. The second kappa shape index (κ2) is 8.62. The summed E-state index contributed by atoms with van der Waals surface area (Å²) in [6.07, 6.45) is 3.36. The summed E-state index contributed by atoms with van der Waals surface area (Å²) in [7, 11) is 1.58. The van der Waals surface area contributed by atoms with E-state index >= 15 is 0 Å². The predicted molar refractivity (Wildman–Crippen MR) is 99.2 cm³/mol. The lowest BCUT2D eigenvalue weighted by atomic mass is 10.2. The number of nitrogens with one attached hydrogen (secondary N) is 1. The maximum absolute atomic E-state index is 12.9. The summed E-state index contributed by atoms with van der Waals surface area (Å²) in [4.78, 5) is 4.12. The van der Waals surface area contributed by atoms with Crippen molar-refractivity contribution in [1.82, 2.24) is 4.98 Å². The van der Waals surface area contributed by atoms with Gasteiger partial charge >= 0.3 is 0 Å². The van der Waals surface area contributed by atoms with Crippen LogP contribution in [-0.2, 0) is 6.61 Å². The van der Waals surface area contributed by atoms with Gasteiger partial charge in [-0.05, 0) is 53.6 Å². The molecule has 0 aliphatic rings. The molecule has 26 heavy (non-hydrogen) atoms. The summed E-state index contributed by atoms with van der Waals surface area (Å²) < 4.78 is 24.1. The monoisotopic (exact) mass is 351 g/mol. The molecule has 0 amide bonds. The second-order valence-electron chi connectivity index (χ2n) is 5.41. The van der Waals surface area contributed by atoms with Gasteiger partial charge in [-0.25, -0.2) is 9.37 Å². The number of hydrogen-bond acceptors (Lipinski definition) is 5. The minimum Gasteiger partial charge on any atom is -0.493 e. The Morgan fingerprint density at radius 1 is 1.08 bits per heavy atom. The number of methoxy groups -OCH3 is 1. The van der Waals surface area contributed by atoms with Crippen molar-refractivity contribution in [3.63, 3.8) is 0 Å². The van der Waals surface area contributed by atoms with Gasteiger partial charge in [-0.2, -0.15) is 5.10 Å². The number of halogens is 1. The minimum atomic E-state index is -0.269. The molecule has 3 aromatic rings. The third-order valence-corrected chi connectivity index (χ3v) is 3.55. The van der Waals surface area contributed by atoms with Crippen molar-refractivity contribution < 1.29 is 13.9 Å². The van der Waals surface area contributed by atoms with Crippen molar-refractivity contribution in [3.05, 3.63) is 83.8 Å². The van der Waals surface area contributed by atoms with E-state index in [-0.39, 0.29) is 5.82 Å². The highest BCUT2D eigenvalue weighted by atomic mass is 19.1. The second-order valence-corrected chi connectivity index (χ2v) is 5.41. The van der Waals surface area contributed by atoms with Gasteiger partial charge in [-0.3, -0.25) is 5.43 Å². The van der Waals surface area contributed by atoms with Gasteiger partial charge in [-0.15, -0.1) is 0 Å². The summed E-state index contributed by atoms with van der Waals surface area (Å²) in [5.74, 6) is 1.59. The molecule has 0 saturated carbocycles. The van der Waals surface area contributed by atoms with Crippen molar-refractivity contribution in [2.75, 3.05) is 12.5 Å². The van der Waals surface area contributed by atoms with Crippen LogP contribution in [0.15, 0.2) is 72.0 Å². The van der Waals surface area contributed by atoms with Crippen molar-refractivity contribution in [2.45, 2.75) is 6.61 Å². The van der Waals surface area contributed by atoms with E-state index in [2.05, 4.69) is 15.5 Å². The predicted octanol–water partition coefficient (Wildman–Crippen LogP) is 4.25. The van der Waals surface area contributed by atoms with E-state index < -0.39 is 0 Å². The van der Waals surface area contributed by atoms with Gasteiger partial charge < -0.3 is 9.47 Å². The molecule has 0 fully saturated rings. The molecule has 1 aromatic heterocycles. The molecule has 5 nitrogen and oxygen atoms in total. The van der Waals surface area contributed by atoms with Crippen molar-refractivity contribution in [2.24, 2.45) is 5.10 Å². The molecule has 0 unspecified atom stereocenters. The van der Waals surface area contributed by atoms with E-state index in [1.54, 1.807) is 31.7 Å². The molecule has 0 aliphatic carbocycles. The number of ether oxygens (including phenoxy) is 2. The van der Waals surface area contributed by atoms with Gasteiger partial charge in [0.1, 0.15) is 18.2 Å². The summed E-state index contributed by atoms with van der Waals surface area (Å²) in [6.45, 7) is 0.325. The Morgan fingerprint density at radius 3 is 2.65 bits per heavy atom. The van der Waals surface area contributed by atoms with Crippen LogP contribution < -0.4 is 14.9 Å². The normalized spacial score (nSPS) is 10.7. The van der Waals surface area contributed by atoms with E-state index in [4.69, 9.17) is 9.47 Å². The summed E-state index contributed by atoms with van der Waals surface area (Å²) in [5.41, 5.74) is 4.57. The number of aromatic nitrogens is 1. The first-order valence-electron chi connectivity index (χ1n) is 8.00. The number of pyridine rings is 1. The molecule has 0 bridgehead atoms. The first-order valence-corrected chi connectivity index (χ1v) is 8.00. The number of nitrogens with zero attached hydrogens (tertiary/aromatic N) is 2. The van der Waals surface area contributed by atoms with E-state index in [1.165, 1.54) is 12.1 Å². The Morgan fingerprint density at radius 2 is 1.92 bits per heavy atom. The molecular formula is C20H18FN3O2. The van der Waals surface area contributed by atoms with Crippen molar-refractivity contribution in [1.29, 1.82) is 0 Å². The molecule has 0 atom stereocenters. The first-order chi connectivity index (χ1) is 12.7. The fourth-order valence-electron chi connectivity index (χ4n) is 2.23. The Bertz CT molecular complexity index is 868. The SMILES string of the molecule is COc1cc(/C=N\Nc2ccccn2)ccc1OCc1ccc(F)cc1. The maximum atomic E-state index is 12.9. The minimum absolute atomic E-state index is 0.269. The van der Waals surface area contributed by atoms with Crippen LogP contribution >= 0.6 is 0 Å². The molecule has 0 aliphatic heterocycles. The number of hydrazone groups is 1. The van der Waals surface area contributed by atoms with Crippen LogP contribution in [0.1, 0.15) is 11.1 Å². The highest BCUT2D eigenvalue weighted by Crippen LogP contribution is 2.28. The van der Waals surface area contributed by atoms with E-state index in [1.807, 2.05) is 36.4 Å². The Hall–Kier alpha value is -3.41. The van der Waals surface area contributed by atoms with Crippen LogP contribution in [0.2, 0.25) is 0 Å². The smallest absolute Gasteiger partial charge is 0.161 e. The zero-order valence-electron chi connectivity index (χ0n) is 14.2. The molecule has 0 saturated heterocycles. The molecule has 1 heterocycles. The highest BCUT2D eigenvalue weighted by Gasteiger charge is 2.06. The standard InChI is InChI=1S/C20H18FN3O2/c1-25-19-12-16(13-23-24-20-4-2-3-11-22-20)7-10-18(19)26-14-15-5-8-17(21)9-6-15/h2-13H,14H2,1H3,(H,22,24)/b23-13-. The van der Waals surface area contributed by atoms with Crippen LogP contribution in [0.4, 0.5) is 10.2 Å². The fraction of sp³-hybridized carbons (Fsp3) is 0.100. The molecule has 132 valence electrons. The fourth-order valence-corrected chi connectivity index (χ4v) is 2.23. The summed E-state index contributed by atoms with van der Waals surface area (Å²) >= 11 is 0. The van der Waals surface area contributed by atoms with Gasteiger partial charge in [0.05, 0.1) is 13.3 Å². The number of benzene rings is 2. The molecule has 0 spiro atoms. The highest BCUT2D eigenvalue weighted by molar-refractivity contribution is 5.81. The van der Waals surface area contributed by atoms with Crippen molar-refractivity contribution in [3.8, 4) is 11.5 Å². The van der Waals surface area contributed by atoms with Gasteiger partial charge in [0.2, 0.25) is 0 Å². The molecule has 0 radical (unpaired) electrons. The molecule has 6 heteroatoms. The van der Waals surface area contributed by atoms with Gasteiger partial charge in [0.25, 0.3) is 0 Å². The lowest BCUT2D eigenvalue weighted by molar-refractivity contribution is 0.284. The third kappa shape index (κ3) is 4.80. The van der Waals surface area contributed by atoms with Crippen molar-refractivity contribution >= 4 is 12.0 Å². The number of hydrogen-bond donors (Lipinski definition) is 1. The Kier molecular flexibility index (Phi) is 5.77. The van der Waals surface area contributed by atoms with Crippen LogP contribution in [-0.4, -0.2) is 18.3 Å². The molecule has 3 rings (SSSR count). The molecular weight excluding hydrogens is 333 g/mol. The maximum Gasteiger partial charge on any atom is 0.161 e. The van der Waals surface area contributed by atoms with E-state index in [0.717, 1.165) is 11.1 Å². The van der Waals surface area contributed by atoms with E-state index in [9.17, 15) is 4.39 Å². The van der Waals surface area contributed by atoms with Gasteiger partial charge in [0, 0.05) is 6.20 Å². The third-order valence-electron chi connectivity index (χ3n) is 3.55. The topological polar surface area (TPSA) is 55.7 Å². The van der Waals surface area contributed by atoms with Crippen LogP contribution in [0.25, 0.3) is 0 Å². The first kappa shape index (κ1) is 17.4. The van der Waals surface area contributed by atoms with Crippen LogP contribution in [0, 0.1) is 5.82 Å². The van der Waals surface area contributed by atoms with Crippen LogP contribution in [0.3, 0.4) is 0 Å². The van der Waals surface area contributed by atoms with Gasteiger partial charge in [-0.1, -0.05) is 18.2 Å². The van der Waals surface area contributed by atoms with Crippen LogP contribution in [0.5, 0.6) is 11.5 Å². The lowest BCUT2D eigenvalue weighted by Crippen LogP contribution is -1.99. The largest absolute Gasteiger partial charge is 0.493 e. The average molecular weight is 351 g/mol. The Balaban J connectivity index is 1.64. The van der Waals surface area contributed by atoms with E-state index in [0.29, 0.717) is 23.9 Å². The molecule has 1 N–H and O–H groups in total.